The van der Waals surface area contributed by atoms with Gasteiger partial charge in [0.2, 0.25) is 0 Å². The Hall–Kier alpha value is -1.76. The maximum atomic E-state index is 13.0. The first-order valence-electron chi connectivity index (χ1n) is 7.00. The monoisotopic (exact) mass is 319 g/mol. The molecule has 0 fully saturated rings. The van der Waals surface area contributed by atoms with Crippen LogP contribution in [0.25, 0.3) is 0 Å². The molecular formula is C15H20F3NO3. The maximum absolute atomic E-state index is 13.0. The Balaban J connectivity index is 3.13. The lowest BCUT2D eigenvalue weighted by Gasteiger charge is -2.23. The molecule has 7 heteroatoms. The van der Waals surface area contributed by atoms with Crippen LogP contribution in [0.15, 0.2) is 18.2 Å². The lowest BCUT2D eigenvalue weighted by molar-refractivity contribution is -0.222. The van der Waals surface area contributed by atoms with Crippen molar-refractivity contribution in [2.75, 3.05) is 12.3 Å². The molecule has 1 aromatic carbocycles. The largest absolute Gasteiger partial charge is 0.481 e. The highest BCUT2D eigenvalue weighted by atomic mass is 19.4. The van der Waals surface area contributed by atoms with Gasteiger partial charge in [-0.1, -0.05) is 19.1 Å². The van der Waals surface area contributed by atoms with Gasteiger partial charge in [0.05, 0.1) is 6.42 Å². The second-order valence-electron chi connectivity index (χ2n) is 4.97. The summed E-state index contributed by atoms with van der Waals surface area (Å²) in [4.78, 5) is 10.8. The Morgan fingerprint density at radius 3 is 2.41 bits per heavy atom. The number of anilines is 1. The van der Waals surface area contributed by atoms with Crippen molar-refractivity contribution in [3.8, 4) is 0 Å². The van der Waals surface area contributed by atoms with Gasteiger partial charge in [0.15, 0.2) is 6.10 Å². The van der Waals surface area contributed by atoms with Gasteiger partial charge in [0, 0.05) is 17.9 Å². The van der Waals surface area contributed by atoms with Gasteiger partial charge in [-0.25, -0.2) is 0 Å². The molecule has 0 radical (unpaired) electrons. The van der Waals surface area contributed by atoms with Crippen molar-refractivity contribution in [1.29, 1.82) is 0 Å². The molecule has 1 aromatic rings. The van der Waals surface area contributed by atoms with E-state index >= 15 is 0 Å². The zero-order chi connectivity index (χ0) is 16.9. The van der Waals surface area contributed by atoms with E-state index in [0.717, 1.165) is 0 Å². The summed E-state index contributed by atoms with van der Waals surface area (Å²) in [6.45, 7) is 3.20. The van der Waals surface area contributed by atoms with Gasteiger partial charge in [-0.15, -0.1) is 0 Å². The highest BCUT2D eigenvalue weighted by molar-refractivity contribution is 5.68. The number of nitrogen functional groups attached to an aromatic ring is 1. The quantitative estimate of drug-likeness (QED) is 0.748. The number of alkyl halides is 3. The number of nitrogens with two attached hydrogens (primary N) is 1. The standard InChI is InChI=1S/C15H20F3NO3/c1-3-9(8-13(20)21)10-5-6-11(12(19)7-10)14(22-4-2)15(16,17)18/h5-7,9,14H,3-4,8,19H2,1-2H3,(H,20,21)/t9-,14+/m0/s1. The SMILES string of the molecule is CCO[C@H](c1ccc([C@@H](CC)CC(=O)O)cc1N)C(F)(F)F. The number of ether oxygens (including phenoxy) is 1. The summed E-state index contributed by atoms with van der Waals surface area (Å²) >= 11 is 0. The maximum Gasteiger partial charge on any atom is 0.418 e. The third-order valence-corrected chi connectivity index (χ3v) is 3.41. The summed E-state index contributed by atoms with van der Waals surface area (Å²) in [5, 5.41) is 8.87. The fourth-order valence-electron chi connectivity index (χ4n) is 2.32. The predicted molar refractivity (Wildman–Crippen MR) is 76.6 cm³/mol. The molecule has 0 aromatic heterocycles. The van der Waals surface area contributed by atoms with Gasteiger partial charge in [-0.3, -0.25) is 4.79 Å². The summed E-state index contributed by atoms with van der Waals surface area (Å²) < 4.78 is 43.8. The van der Waals surface area contributed by atoms with Crippen LogP contribution in [-0.4, -0.2) is 23.9 Å². The third-order valence-electron chi connectivity index (χ3n) is 3.41. The zero-order valence-electron chi connectivity index (χ0n) is 12.5. The van der Waals surface area contributed by atoms with Gasteiger partial charge >= 0.3 is 12.1 Å². The summed E-state index contributed by atoms with van der Waals surface area (Å²) in [5.41, 5.74) is 6.17. The average Bonchev–Trinajstić information content (AvgIpc) is 2.41. The third kappa shape index (κ3) is 4.62. The Labute approximate surface area is 127 Å². The van der Waals surface area contributed by atoms with Crippen LogP contribution in [0.1, 0.15) is 49.8 Å². The van der Waals surface area contributed by atoms with E-state index in [1.165, 1.54) is 25.1 Å². The van der Waals surface area contributed by atoms with Crippen molar-refractivity contribution in [2.45, 2.75) is 44.9 Å². The lowest BCUT2D eigenvalue weighted by atomic mass is 9.91. The summed E-state index contributed by atoms with van der Waals surface area (Å²) in [7, 11) is 0. The van der Waals surface area contributed by atoms with E-state index in [1.807, 2.05) is 6.92 Å². The average molecular weight is 319 g/mol. The number of carbonyl (C=O) groups is 1. The van der Waals surface area contributed by atoms with Crippen LogP contribution in [0.2, 0.25) is 0 Å². The molecule has 0 saturated carbocycles. The van der Waals surface area contributed by atoms with Crippen LogP contribution in [0.5, 0.6) is 0 Å². The number of rotatable bonds is 7. The second kappa shape index (κ2) is 7.49. The van der Waals surface area contributed by atoms with E-state index in [4.69, 9.17) is 15.6 Å². The molecule has 0 spiro atoms. The molecule has 1 rings (SSSR count). The van der Waals surface area contributed by atoms with E-state index in [9.17, 15) is 18.0 Å². The van der Waals surface area contributed by atoms with Crippen molar-refractivity contribution in [1.82, 2.24) is 0 Å². The molecule has 3 N–H and O–H groups in total. The normalized spacial score (nSPS) is 14.6. The number of carboxylic acid groups (broad SMARTS) is 1. The summed E-state index contributed by atoms with van der Waals surface area (Å²) in [6, 6.07) is 4.16. The van der Waals surface area contributed by atoms with Gasteiger partial charge in [-0.05, 0) is 30.9 Å². The van der Waals surface area contributed by atoms with Crippen molar-refractivity contribution in [2.24, 2.45) is 0 Å². The highest BCUT2D eigenvalue weighted by Crippen LogP contribution is 2.39. The predicted octanol–water partition coefficient (Wildman–Crippen LogP) is 3.88. The first kappa shape index (κ1) is 18.3. The summed E-state index contributed by atoms with van der Waals surface area (Å²) in [6.07, 6.45) is -6.18. The Bertz CT molecular complexity index is 517. The Morgan fingerprint density at radius 2 is 2.00 bits per heavy atom. The van der Waals surface area contributed by atoms with Crippen LogP contribution in [-0.2, 0) is 9.53 Å². The number of halogens is 3. The van der Waals surface area contributed by atoms with Gasteiger partial charge in [0.1, 0.15) is 0 Å². The molecule has 0 aliphatic rings. The van der Waals surface area contributed by atoms with Crippen LogP contribution in [0.3, 0.4) is 0 Å². The van der Waals surface area contributed by atoms with E-state index in [2.05, 4.69) is 0 Å². The molecule has 0 aliphatic carbocycles. The van der Waals surface area contributed by atoms with Crippen LogP contribution >= 0.6 is 0 Å². The fourth-order valence-corrected chi connectivity index (χ4v) is 2.32. The number of hydrogen-bond acceptors (Lipinski definition) is 3. The smallest absolute Gasteiger partial charge is 0.418 e. The van der Waals surface area contributed by atoms with E-state index in [0.29, 0.717) is 12.0 Å². The molecule has 0 bridgehead atoms. The van der Waals surface area contributed by atoms with Gasteiger partial charge in [0.25, 0.3) is 0 Å². The molecule has 0 heterocycles. The van der Waals surface area contributed by atoms with Gasteiger partial charge in [-0.2, -0.15) is 13.2 Å². The van der Waals surface area contributed by atoms with E-state index in [-0.39, 0.29) is 30.2 Å². The molecule has 0 aliphatic heterocycles. The van der Waals surface area contributed by atoms with Crippen LogP contribution in [0.4, 0.5) is 18.9 Å². The fraction of sp³-hybridized carbons (Fsp3) is 0.533. The second-order valence-corrected chi connectivity index (χ2v) is 4.97. The molecule has 2 atom stereocenters. The minimum Gasteiger partial charge on any atom is -0.481 e. The minimum absolute atomic E-state index is 0.0443. The molecule has 124 valence electrons. The molecule has 4 nitrogen and oxygen atoms in total. The van der Waals surface area contributed by atoms with E-state index in [1.54, 1.807) is 0 Å². The lowest BCUT2D eigenvalue weighted by Crippen LogP contribution is -2.24. The van der Waals surface area contributed by atoms with Crippen molar-refractivity contribution in [3.05, 3.63) is 29.3 Å². The van der Waals surface area contributed by atoms with E-state index < -0.39 is 18.2 Å². The Kier molecular flexibility index (Phi) is 6.22. The number of benzene rings is 1. The molecule has 0 unspecified atom stereocenters. The molecular weight excluding hydrogens is 299 g/mol. The first-order valence-corrected chi connectivity index (χ1v) is 7.00. The number of hydrogen-bond donors (Lipinski definition) is 2. The van der Waals surface area contributed by atoms with Crippen LogP contribution < -0.4 is 5.73 Å². The zero-order valence-corrected chi connectivity index (χ0v) is 12.5. The highest BCUT2D eigenvalue weighted by Gasteiger charge is 2.42. The van der Waals surface area contributed by atoms with Gasteiger partial charge < -0.3 is 15.6 Å². The Morgan fingerprint density at radius 1 is 1.36 bits per heavy atom. The molecule has 22 heavy (non-hydrogen) atoms. The van der Waals surface area contributed by atoms with Crippen molar-refractivity contribution in [3.63, 3.8) is 0 Å². The van der Waals surface area contributed by atoms with Crippen LogP contribution in [0, 0.1) is 0 Å². The molecule has 0 amide bonds. The topological polar surface area (TPSA) is 72.5 Å². The summed E-state index contributed by atoms with van der Waals surface area (Å²) in [5.74, 6) is -1.25. The number of carboxylic acids is 1. The molecule has 0 saturated heterocycles. The minimum atomic E-state index is -4.56. The van der Waals surface area contributed by atoms with Crippen molar-refractivity contribution < 1.29 is 27.8 Å². The van der Waals surface area contributed by atoms with Crippen molar-refractivity contribution >= 4 is 11.7 Å². The number of aliphatic carboxylic acids is 1. The first-order chi connectivity index (χ1) is 10.2.